The van der Waals surface area contributed by atoms with Crippen molar-refractivity contribution in [3.05, 3.63) is 47.2 Å². The lowest BCUT2D eigenvalue weighted by molar-refractivity contribution is -0.127. The second-order valence-corrected chi connectivity index (χ2v) is 9.49. The number of hydrogen-bond donors (Lipinski definition) is 3. The minimum atomic E-state index is -3.36. The molecule has 29 heavy (non-hydrogen) atoms. The van der Waals surface area contributed by atoms with Gasteiger partial charge >= 0.3 is 0 Å². The SMILES string of the molecule is CS(=O)(=O)NCCN1CC(C(=O)N[C@H]2CC[C@@H](c3ccccc3)CC2)=C(O)C1=O. The molecule has 0 saturated heterocycles. The van der Waals surface area contributed by atoms with E-state index in [1.807, 2.05) is 18.2 Å². The predicted molar refractivity (Wildman–Crippen MR) is 109 cm³/mol. The molecule has 2 amide bonds. The number of aliphatic hydroxyl groups is 1. The molecule has 0 atom stereocenters. The van der Waals surface area contributed by atoms with Crippen LogP contribution in [0.1, 0.15) is 37.2 Å². The summed E-state index contributed by atoms with van der Waals surface area (Å²) in [7, 11) is -3.36. The van der Waals surface area contributed by atoms with E-state index in [4.69, 9.17) is 0 Å². The Morgan fingerprint density at radius 3 is 2.45 bits per heavy atom. The van der Waals surface area contributed by atoms with Gasteiger partial charge in [-0.3, -0.25) is 9.59 Å². The summed E-state index contributed by atoms with van der Waals surface area (Å²) < 4.78 is 24.5. The zero-order valence-corrected chi connectivity index (χ0v) is 17.2. The molecule has 8 nitrogen and oxygen atoms in total. The molecule has 1 aliphatic carbocycles. The molecule has 0 bridgehead atoms. The van der Waals surface area contributed by atoms with Crippen molar-refractivity contribution < 1.29 is 23.1 Å². The molecule has 2 aliphatic rings. The zero-order valence-electron chi connectivity index (χ0n) is 16.4. The molecule has 1 heterocycles. The number of benzene rings is 1. The molecule has 0 spiro atoms. The van der Waals surface area contributed by atoms with E-state index in [-0.39, 0.29) is 31.2 Å². The molecule has 158 valence electrons. The second kappa shape index (κ2) is 8.96. The number of rotatable bonds is 7. The number of carbonyl (C=O) groups excluding carboxylic acids is 2. The van der Waals surface area contributed by atoms with E-state index < -0.39 is 27.6 Å². The van der Waals surface area contributed by atoms with Crippen LogP contribution in [0.25, 0.3) is 0 Å². The Labute approximate surface area is 171 Å². The quantitative estimate of drug-likeness (QED) is 0.608. The number of hydrogen-bond acceptors (Lipinski definition) is 5. The van der Waals surface area contributed by atoms with E-state index in [2.05, 4.69) is 22.2 Å². The molecule has 1 aromatic rings. The average Bonchev–Trinajstić information content (AvgIpc) is 2.97. The first-order valence-corrected chi connectivity index (χ1v) is 11.7. The molecule has 3 rings (SSSR count). The maximum atomic E-state index is 12.6. The molecule has 0 unspecified atom stereocenters. The Balaban J connectivity index is 1.50. The van der Waals surface area contributed by atoms with Crippen molar-refractivity contribution in [2.75, 3.05) is 25.9 Å². The minimum Gasteiger partial charge on any atom is -0.503 e. The summed E-state index contributed by atoms with van der Waals surface area (Å²) in [5.41, 5.74) is 1.36. The van der Waals surface area contributed by atoms with Crippen molar-refractivity contribution >= 4 is 21.8 Å². The van der Waals surface area contributed by atoms with Gasteiger partial charge in [-0.15, -0.1) is 0 Å². The Hall–Kier alpha value is -2.39. The molecule has 1 fully saturated rings. The van der Waals surface area contributed by atoms with Crippen LogP contribution in [0.3, 0.4) is 0 Å². The third-order valence-corrected chi connectivity index (χ3v) is 6.21. The molecule has 1 aliphatic heterocycles. The largest absolute Gasteiger partial charge is 0.503 e. The van der Waals surface area contributed by atoms with Crippen LogP contribution in [0.4, 0.5) is 0 Å². The summed E-state index contributed by atoms with van der Waals surface area (Å²) in [6, 6.07) is 10.3. The number of amides is 2. The highest BCUT2D eigenvalue weighted by atomic mass is 32.2. The van der Waals surface area contributed by atoms with Crippen molar-refractivity contribution in [3.63, 3.8) is 0 Å². The molecule has 0 radical (unpaired) electrons. The Morgan fingerprint density at radius 2 is 1.83 bits per heavy atom. The Bertz CT molecular complexity index is 890. The summed E-state index contributed by atoms with van der Waals surface area (Å²) in [4.78, 5) is 26.0. The van der Waals surface area contributed by atoms with E-state index >= 15 is 0 Å². The average molecular weight is 422 g/mol. The fraction of sp³-hybridized carbons (Fsp3) is 0.500. The third kappa shape index (κ3) is 5.57. The number of nitrogens with one attached hydrogen (secondary N) is 2. The van der Waals surface area contributed by atoms with E-state index in [9.17, 15) is 23.1 Å². The number of nitrogens with zero attached hydrogens (tertiary/aromatic N) is 1. The fourth-order valence-corrected chi connectivity index (χ4v) is 4.37. The second-order valence-electron chi connectivity index (χ2n) is 7.65. The smallest absolute Gasteiger partial charge is 0.289 e. The molecule has 0 aromatic heterocycles. The monoisotopic (exact) mass is 421 g/mol. The van der Waals surface area contributed by atoms with Crippen LogP contribution in [0.15, 0.2) is 41.7 Å². The lowest BCUT2D eigenvalue weighted by Crippen LogP contribution is -2.40. The number of aliphatic hydroxyl groups excluding tert-OH is 1. The van der Waals surface area contributed by atoms with Crippen LogP contribution in [0, 0.1) is 0 Å². The molecular formula is C20H27N3O5S. The maximum absolute atomic E-state index is 12.6. The van der Waals surface area contributed by atoms with Gasteiger partial charge in [0.05, 0.1) is 18.4 Å². The van der Waals surface area contributed by atoms with Crippen LogP contribution < -0.4 is 10.0 Å². The highest BCUT2D eigenvalue weighted by molar-refractivity contribution is 7.88. The van der Waals surface area contributed by atoms with Gasteiger partial charge in [0.25, 0.3) is 11.8 Å². The summed E-state index contributed by atoms with van der Waals surface area (Å²) in [5.74, 6) is -1.15. The van der Waals surface area contributed by atoms with Crippen LogP contribution in [-0.2, 0) is 19.6 Å². The van der Waals surface area contributed by atoms with Crippen molar-refractivity contribution in [1.29, 1.82) is 0 Å². The lowest BCUT2D eigenvalue weighted by atomic mass is 9.82. The van der Waals surface area contributed by atoms with Gasteiger partial charge in [0.2, 0.25) is 10.0 Å². The van der Waals surface area contributed by atoms with Gasteiger partial charge < -0.3 is 15.3 Å². The Kier molecular flexibility index (Phi) is 6.59. The van der Waals surface area contributed by atoms with Gasteiger partial charge in [0.1, 0.15) is 0 Å². The normalized spacial score (nSPS) is 22.8. The van der Waals surface area contributed by atoms with Gasteiger partial charge in [0, 0.05) is 19.1 Å². The van der Waals surface area contributed by atoms with Gasteiger partial charge in [0.15, 0.2) is 5.76 Å². The predicted octanol–water partition coefficient (Wildman–Crippen LogP) is 1.03. The van der Waals surface area contributed by atoms with Gasteiger partial charge in [-0.05, 0) is 37.2 Å². The van der Waals surface area contributed by atoms with Gasteiger partial charge in [-0.1, -0.05) is 30.3 Å². The molecule has 1 saturated carbocycles. The molecule has 3 N–H and O–H groups in total. The van der Waals surface area contributed by atoms with Gasteiger partial charge in [-0.2, -0.15) is 0 Å². The van der Waals surface area contributed by atoms with E-state index in [0.29, 0.717) is 5.92 Å². The van der Waals surface area contributed by atoms with Crippen molar-refractivity contribution in [3.8, 4) is 0 Å². The van der Waals surface area contributed by atoms with Crippen molar-refractivity contribution in [2.24, 2.45) is 0 Å². The zero-order chi connectivity index (χ0) is 21.0. The van der Waals surface area contributed by atoms with Crippen LogP contribution in [-0.4, -0.2) is 62.2 Å². The van der Waals surface area contributed by atoms with Crippen LogP contribution in [0.2, 0.25) is 0 Å². The summed E-state index contributed by atoms with van der Waals surface area (Å²) in [6.07, 6.45) is 4.66. The third-order valence-electron chi connectivity index (χ3n) is 5.48. The highest BCUT2D eigenvalue weighted by Gasteiger charge is 2.35. The first-order chi connectivity index (χ1) is 13.7. The topological polar surface area (TPSA) is 116 Å². The highest BCUT2D eigenvalue weighted by Crippen LogP contribution is 2.33. The number of carbonyl (C=O) groups is 2. The first kappa shape index (κ1) is 21.3. The van der Waals surface area contributed by atoms with E-state index in [0.717, 1.165) is 31.9 Å². The first-order valence-electron chi connectivity index (χ1n) is 9.76. The van der Waals surface area contributed by atoms with Crippen molar-refractivity contribution in [1.82, 2.24) is 14.9 Å². The molecule has 9 heteroatoms. The summed E-state index contributed by atoms with van der Waals surface area (Å²) >= 11 is 0. The molecular weight excluding hydrogens is 394 g/mol. The van der Waals surface area contributed by atoms with Crippen LogP contribution in [0.5, 0.6) is 0 Å². The molecule has 1 aromatic carbocycles. The summed E-state index contributed by atoms with van der Waals surface area (Å²) in [5, 5.41) is 13.0. The van der Waals surface area contributed by atoms with Gasteiger partial charge in [-0.25, -0.2) is 13.1 Å². The van der Waals surface area contributed by atoms with Crippen molar-refractivity contribution in [2.45, 2.75) is 37.6 Å². The van der Waals surface area contributed by atoms with Crippen LogP contribution >= 0.6 is 0 Å². The lowest BCUT2D eigenvalue weighted by Gasteiger charge is -2.29. The fourth-order valence-electron chi connectivity index (χ4n) is 3.91. The summed E-state index contributed by atoms with van der Waals surface area (Å²) in [6.45, 7) is 0.0759. The Morgan fingerprint density at radius 1 is 1.17 bits per heavy atom. The number of sulfonamides is 1. The maximum Gasteiger partial charge on any atom is 0.289 e. The minimum absolute atomic E-state index is 0.0128. The van der Waals surface area contributed by atoms with E-state index in [1.54, 1.807) is 0 Å². The standard InChI is InChI=1S/C20H27N3O5S/c1-29(27,28)21-11-12-23-13-17(18(24)20(23)26)19(25)22-16-9-7-15(8-10-16)14-5-3-2-4-6-14/h2-6,15-16,21,24H,7-13H2,1H3,(H,22,25)/t15-,16+. The van der Waals surface area contributed by atoms with E-state index in [1.165, 1.54) is 10.5 Å².